The molecule has 2 aromatic heterocycles. The van der Waals surface area contributed by atoms with Crippen LogP contribution >= 0.6 is 0 Å². The quantitative estimate of drug-likeness (QED) is 0.406. The summed E-state index contributed by atoms with van der Waals surface area (Å²) < 4.78 is 19.8. The van der Waals surface area contributed by atoms with Crippen molar-refractivity contribution in [2.24, 2.45) is 5.92 Å². The van der Waals surface area contributed by atoms with Gasteiger partial charge in [0.1, 0.15) is 11.3 Å². The maximum absolute atomic E-state index is 13.8. The summed E-state index contributed by atoms with van der Waals surface area (Å²) in [5, 5.41) is 0. The van der Waals surface area contributed by atoms with Crippen LogP contribution in [0, 0.1) is 11.7 Å². The van der Waals surface area contributed by atoms with Gasteiger partial charge in [0.25, 0.3) is 5.91 Å². The first-order valence-electron chi connectivity index (χ1n) is 14.0. The average molecular weight is 518 g/mol. The lowest BCUT2D eigenvalue weighted by atomic mass is 9.87. The van der Waals surface area contributed by atoms with Crippen molar-refractivity contribution in [1.29, 1.82) is 0 Å². The van der Waals surface area contributed by atoms with E-state index in [1.165, 1.54) is 18.6 Å². The summed E-state index contributed by atoms with van der Waals surface area (Å²) in [4.78, 5) is 35.6. The lowest BCUT2D eigenvalue weighted by molar-refractivity contribution is -0.140. The molecule has 1 saturated heterocycles. The fourth-order valence-electron chi connectivity index (χ4n) is 6.26. The molecule has 2 amide bonds. The number of fused-ring (bicyclic) bond motifs is 1. The fourth-order valence-corrected chi connectivity index (χ4v) is 6.26. The molecule has 0 unspecified atom stereocenters. The number of furan rings is 1. The number of benzene rings is 1. The summed E-state index contributed by atoms with van der Waals surface area (Å²) in [5.41, 5.74) is 3.38. The molecule has 38 heavy (non-hydrogen) atoms. The van der Waals surface area contributed by atoms with Crippen LogP contribution in [-0.4, -0.2) is 51.8 Å². The van der Waals surface area contributed by atoms with Crippen LogP contribution in [0.5, 0.6) is 0 Å². The van der Waals surface area contributed by atoms with E-state index in [1.807, 2.05) is 29.7 Å². The smallest absolute Gasteiger partial charge is 0.290 e. The van der Waals surface area contributed by atoms with E-state index in [0.29, 0.717) is 30.7 Å². The fraction of sp³-hybridized carbons (Fsp3) is 0.516. The molecule has 6 nitrogen and oxygen atoms in total. The van der Waals surface area contributed by atoms with Crippen molar-refractivity contribution in [3.05, 3.63) is 53.5 Å². The molecule has 3 fully saturated rings. The molecule has 0 atom stereocenters. The van der Waals surface area contributed by atoms with Crippen LogP contribution in [0.3, 0.4) is 0 Å². The molecule has 2 saturated carbocycles. The van der Waals surface area contributed by atoms with Crippen LogP contribution in [0.15, 0.2) is 40.8 Å². The molecule has 0 N–H and O–H groups in total. The maximum atomic E-state index is 13.8. The predicted octanol–water partition coefficient (Wildman–Crippen LogP) is 6.33. The average Bonchev–Trinajstić information content (AvgIpc) is 3.51. The highest BCUT2D eigenvalue weighted by Crippen LogP contribution is 2.50. The summed E-state index contributed by atoms with van der Waals surface area (Å²) in [5.74, 6) is 0.181. The zero-order chi connectivity index (χ0) is 26.7. The van der Waals surface area contributed by atoms with Crippen molar-refractivity contribution < 1.29 is 18.4 Å². The zero-order valence-electron chi connectivity index (χ0n) is 22.6. The van der Waals surface area contributed by atoms with Crippen LogP contribution < -0.4 is 0 Å². The molecule has 0 bridgehead atoms. The Labute approximate surface area is 223 Å². The van der Waals surface area contributed by atoms with Gasteiger partial charge in [0.15, 0.2) is 11.3 Å². The van der Waals surface area contributed by atoms with Crippen LogP contribution in [0.1, 0.15) is 81.8 Å². The van der Waals surface area contributed by atoms with Crippen molar-refractivity contribution in [3.8, 4) is 11.3 Å². The Balaban J connectivity index is 1.28. The Bertz CT molecular complexity index is 1380. The summed E-state index contributed by atoms with van der Waals surface area (Å²) >= 11 is 0. The van der Waals surface area contributed by atoms with Crippen molar-refractivity contribution in [3.63, 3.8) is 0 Å². The van der Waals surface area contributed by atoms with Gasteiger partial charge in [0.05, 0.1) is 11.2 Å². The van der Waals surface area contributed by atoms with Gasteiger partial charge in [-0.15, -0.1) is 0 Å². The Kier molecular flexibility index (Phi) is 6.08. The lowest BCUT2D eigenvalue weighted by Crippen LogP contribution is -2.62. The molecule has 6 rings (SSSR count). The summed E-state index contributed by atoms with van der Waals surface area (Å²) in [6.07, 6.45) is 7.52. The Morgan fingerprint density at radius 1 is 1.00 bits per heavy atom. The standard InChI is InChI=1S/C31H36FN3O3/c1-30(2)19-34(28(36)21-7-5-4-6-8-21)15-16-35(30)29(37)26-18-25-27(38-26)23(31(3)13-14-31)17-24(33-25)20-9-11-22(32)12-10-20/h9-12,17-18,21H,4-8,13-16,19H2,1-3H3. The largest absolute Gasteiger partial charge is 0.449 e. The third-order valence-corrected chi connectivity index (χ3v) is 8.89. The summed E-state index contributed by atoms with van der Waals surface area (Å²) in [7, 11) is 0. The minimum Gasteiger partial charge on any atom is -0.449 e. The second-order valence-corrected chi connectivity index (χ2v) is 12.3. The number of nitrogens with zero attached hydrogens (tertiary/aromatic N) is 3. The van der Waals surface area contributed by atoms with Gasteiger partial charge >= 0.3 is 0 Å². The van der Waals surface area contributed by atoms with E-state index in [4.69, 9.17) is 9.40 Å². The van der Waals surface area contributed by atoms with Gasteiger partial charge in [-0.2, -0.15) is 0 Å². The number of amides is 2. The Hall–Kier alpha value is -3.22. The van der Waals surface area contributed by atoms with E-state index >= 15 is 0 Å². The third-order valence-electron chi connectivity index (χ3n) is 8.89. The van der Waals surface area contributed by atoms with Gasteiger partial charge in [-0.05, 0) is 75.3 Å². The number of rotatable bonds is 4. The van der Waals surface area contributed by atoms with Gasteiger partial charge in [-0.1, -0.05) is 26.2 Å². The first-order chi connectivity index (χ1) is 18.1. The molecule has 200 valence electrons. The van der Waals surface area contributed by atoms with Crippen LogP contribution in [-0.2, 0) is 10.2 Å². The van der Waals surface area contributed by atoms with Crippen molar-refractivity contribution >= 4 is 22.9 Å². The van der Waals surface area contributed by atoms with E-state index in [0.717, 1.165) is 55.3 Å². The third kappa shape index (κ3) is 4.50. The summed E-state index contributed by atoms with van der Waals surface area (Å²) in [6, 6.07) is 10.1. The van der Waals surface area contributed by atoms with E-state index < -0.39 is 5.54 Å². The normalized spacial score (nSPS) is 21.1. The first kappa shape index (κ1) is 25.1. The van der Waals surface area contributed by atoms with Gasteiger partial charge < -0.3 is 14.2 Å². The maximum Gasteiger partial charge on any atom is 0.290 e. The number of halogens is 1. The highest BCUT2D eigenvalue weighted by molar-refractivity contribution is 5.97. The molecular formula is C31H36FN3O3. The molecule has 0 radical (unpaired) electrons. The Morgan fingerprint density at radius 2 is 1.71 bits per heavy atom. The number of hydrogen-bond acceptors (Lipinski definition) is 4. The number of carbonyl (C=O) groups excluding carboxylic acids is 2. The second-order valence-electron chi connectivity index (χ2n) is 12.3. The molecule has 7 heteroatoms. The van der Waals surface area contributed by atoms with Gasteiger partial charge in [0, 0.05) is 42.7 Å². The van der Waals surface area contributed by atoms with Crippen LogP contribution in [0.25, 0.3) is 22.4 Å². The van der Waals surface area contributed by atoms with Crippen molar-refractivity contribution in [2.75, 3.05) is 19.6 Å². The van der Waals surface area contributed by atoms with Crippen molar-refractivity contribution in [1.82, 2.24) is 14.8 Å². The van der Waals surface area contributed by atoms with Crippen LogP contribution in [0.4, 0.5) is 4.39 Å². The van der Waals surface area contributed by atoms with E-state index in [9.17, 15) is 14.0 Å². The molecule has 3 heterocycles. The Morgan fingerprint density at radius 3 is 2.37 bits per heavy atom. The highest BCUT2D eigenvalue weighted by atomic mass is 19.1. The SMILES string of the molecule is CC1(c2cc(-c3ccc(F)cc3)nc3cc(C(=O)N4CCN(C(=O)C5CCCCC5)CC4(C)C)oc23)CC1. The lowest BCUT2D eigenvalue weighted by Gasteiger charge is -2.47. The van der Waals surface area contributed by atoms with Crippen molar-refractivity contribution in [2.45, 2.75) is 76.7 Å². The van der Waals surface area contributed by atoms with Gasteiger partial charge in [-0.3, -0.25) is 9.59 Å². The topological polar surface area (TPSA) is 66.7 Å². The number of pyridine rings is 1. The number of aromatic nitrogens is 1. The molecule has 2 aliphatic carbocycles. The molecule has 3 aromatic rings. The molecular weight excluding hydrogens is 481 g/mol. The van der Waals surface area contributed by atoms with Gasteiger partial charge in [0.2, 0.25) is 5.91 Å². The number of carbonyl (C=O) groups is 2. The monoisotopic (exact) mass is 517 g/mol. The van der Waals surface area contributed by atoms with Crippen LogP contribution in [0.2, 0.25) is 0 Å². The minimum absolute atomic E-state index is 0.0154. The van der Waals surface area contributed by atoms with E-state index in [2.05, 4.69) is 6.92 Å². The van der Waals surface area contributed by atoms with E-state index in [1.54, 1.807) is 18.2 Å². The molecule has 1 aliphatic heterocycles. The summed E-state index contributed by atoms with van der Waals surface area (Å²) in [6.45, 7) is 7.78. The van der Waals surface area contributed by atoms with Gasteiger partial charge in [-0.25, -0.2) is 9.37 Å². The molecule has 3 aliphatic rings. The zero-order valence-corrected chi connectivity index (χ0v) is 22.6. The second kappa shape index (κ2) is 9.21. The van der Waals surface area contributed by atoms with E-state index in [-0.39, 0.29) is 34.7 Å². The molecule has 0 spiro atoms. The predicted molar refractivity (Wildman–Crippen MR) is 144 cm³/mol. The number of piperazine rings is 1. The minimum atomic E-state index is -0.517. The number of hydrogen-bond donors (Lipinski definition) is 0. The highest BCUT2D eigenvalue weighted by Gasteiger charge is 2.43. The molecule has 1 aromatic carbocycles. The first-order valence-corrected chi connectivity index (χ1v) is 14.0.